The number of para-hydroxylation sites is 2. The fourth-order valence-corrected chi connectivity index (χ4v) is 2.82. The molecule has 7 heteroatoms. The first-order valence-corrected chi connectivity index (χ1v) is 8.28. The van der Waals surface area contributed by atoms with E-state index in [4.69, 9.17) is 0 Å². The zero-order valence-electron chi connectivity index (χ0n) is 14.3. The van der Waals surface area contributed by atoms with Gasteiger partial charge in [-0.15, -0.1) is 0 Å². The van der Waals surface area contributed by atoms with Gasteiger partial charge in [-0.3, -0.25) is 14.9 Å². The van der Waals surface area contributed by atoms with E-state index in [2.05, 4.69) is 10.3 Å². The molecule has 0 aliphatic carbocycles. The Labute approximate surface area is 155 Å². The van der Waals surface area contributed by atoms with Gasteiger partial charge < -0.3 is 10.3 Å². The van der Waals surface area contributed by atoms with Crippen molar-refractivity contribution in [2.24, 2.45) is 0 Å². The minimum atomic E-state index is -0.560. The molecule has 134 valence electrons. The topological polar surface area (TPSA) is 112 Å². The van der Waals surface area contributed by atoms with Gasteiger partial charge in [-0.25, -0.2) is 0 Å². The minimum absolute atomic E-state index is 0.156. The fourth-order valence-electron chi connectivity index (χ4n) is 2.82. The number of nitro groups is 1. The van der Waals surface area contributed by atoms with Crippen LogP contribution < -0.4 is 5.32 Å². The maximum atomic E-state index is 12.3. The van der Waals surface area contributed by atoms with Crippen molar-refractivity contribution < 1.29 is 9.72 Å². The number of H-pyrrole nitrogens is 1. The molecule has 2 aromatic carbocycles. The van der Waals surface area contributed by atoms with Gasteiger partial charge in [0.25, 0.3) is 11.6 Å². The number of benzene rings is 2. The summed E-state index contributed by atoms with van der Waals surface area (Å²) in [4.78, 5) is 26.0. The summed E-state index contributed by atoms with van der Waals surface area (Å²) in [5.74, 6) is -0.560. The zero-order chi connectivity index (χ0) is 19.2. The third kappa shape index (κ3) is 4.02. The van der Waals surface area contributed by atoms with E-state index in [0.29, 0.717) is 13.0 Å². The predicted molar refractivity (Wildman–Crippen MR) is 102 cm³/mol. The van der Waals surface area contributed by atoms with E-state index in [1.54, 1.807) is 6.07 Å². The number of aromatic nitrogens is 1. The molecule has 0 saturated carbocycles. The summed E-state index contributed by atoms with van der Waals surface area (Å²) in [6, 6.07) is 15.6. The fraction of sp³-hybridized carbons (Fsp3) is 0.100. The summed E-state index contributed by atoms with van der Waals surface area (Å²) in [5.41, 5.74) is 1.96. The van der Waals surface area contributed by atoms with Crippen LogP contribution in [0, 0.1) is 21.4 Å². The molecule has 3 rings (SSSR count). The number of carbonyl (C=O) groups excluding carboxylic acids is 1. The number of nitrogens with zero attached hydrogens (tertiary/aromatic N) is 2. The number of hydrogen-bond acceptors (Lipinski definition) is 4. The van der Waals surface area contributed by atoms with E-state index in [9.17, 15) is 20.2 Å². The lowest BCUT2D eigenvalue weighted by atomic mass is 10.1. The number of nitriles is 1. The maximum absolute atomic E-state index is 12.3. The number of hydrogen-bond donors (Lipinski definition) is 2. The van der Waals surface area contributed by atoms with Crippen molar-refractivity contribution in [3.05, 3.63) is 81.5 Å². The van der Waals surface area contributed by atoms with Gasteiger partial charge in [-0.2, -0.15) is 5.26 Å². The highest BCUT2D eigenvalue weighted by atomic mass is 16.6. The van der Waals surface area contributed by atoms with Crippen molar-refractivity contribution in [3.8, 4) is 6.07 Å². The monoisotopic (exact) mass is 360 g/mol. The highest BCUT2D eigenvalue weighted by Gasteiger charge is 2.14. The van der Waals surface area contributed by atoms with Crippen molar-refractivity contribution >= 4 is 28.6 Å². The Kier molecular flexibility index (Phi) is 5.28. The zero-order valence-corrected chi connectivity index (χ0v) is 14.3. The minimum Gasteiger partial charge on any atom is -0.361 e. The Balaban J connectivity index is 1.69. The smallest absolute Gasteiger partial charge is 0.276 e. The molecule has 0 aliphatic rings. The van der Waals surface area contributed by atoms with Crippen molar-refractivity contribution in [1.82, 2.24) is 10.3 Å². The van der Waals surface area contributed by atoms with Gasteiger partial charge in [-0.05, 0) is 30.2 Å². The van der Waals surface area contributed by atoms with Gasteiger partial charge in [0.1, 0.15) is 11.6 Å². The molecule has 0 unspecified atom stereocenters. The molecule has 0 spiro atoms. The third-order valence-corrected chi connectivity index (χ3v) is 4.15. The summed E-state index contributed by atoms with van der Waals surface area (Å²) in [5, 5.41) is 24.1. The number of amides is 1. The van der Waals surface area contributed by atoms with Crippen LogP contribution >= 0.6 is 0 Å². The molecule has 2 N–H and O–H groups in total. The van der Waals surface area contributed by atoms with E-state index in [0.717, 1.165) is 16.5 Å². The lowest BCUT2D eigenvalue weighted by Gasteiger charge is -2.04. The number of rotatable bonds is 6. The second-order valence-corrected chi connectivity index (χ2v) is 5.85. The quantitative estimate of drug-likeness (QED) is 0.304. The second kappa shape index (κ2) is 7.97. The van der Waals surface area contributed by atoms with Gasteiger partial charge in [-0.1, -0.05) is 30.3 Å². The number of fused-ring (bicyclic) bond motifs is 1. The molecular weight excluding hydrogens is 344 g/mol. The summed E-state index contributed by atoms with van der Waals surface area (Å²) >= 11 is 0. The molecule has 0 bridgehead atoms. The van der Waals surface area contributed by atoms with Crippen LogP contribution in [-0.2, 0) is 11.2 Å². The molecule has 3 aromatic rings. The SMILES string of the molecule is N#CC(=Cc1ccccc1[N+](=O)[O-])C(=O)NCCc1c[nH]c2ccccc12. The second-order valence-electron chi connectivity index (χ2n) is 5.85. The van der Waals surface area contributed by atoms with Crippen LogP contribution in [0.4, 0.5) is 5.69 Å². The molecule has 0 saturated heterocycles. The Bertz CT molecular complexity index is 1080. The Morgan fingerprint density at radius 1 is 1.22 bits per heavy atom. The first-order chi connectivity index (χ1) is 13.1. The van der Waals surface area contributed by atoms with Gasteiger partial charge >= 0.3 is 0 Å². The van der Waals surface area contributed by atoms with Crippen LogP contribution in [0.15, 0.2) is 60.3 Å². The van der Waals surface area contributed by atoms with Crippen molar-refractivity contribution in [2.45, 2.75) is 6.42 Å². The van der Waals surface area contributed by atoms with Crippen molar-refractivity contribution in [3.63, 3.8) is 0 Å². The van der Waals surface area contributed by atoms with Gasteiger partial charge in [0.2, 0.25) is 0 Å². The Morgan fingerprint density at radius 2 is 1.96 bits per heavy atom. The van der Waals surface area contributed by atoms with Crippen LogP contribution in [0.5, 0.6) is 0 Å². The molecule has 7 nitrogen and oxygen atoms in total. The van der Waals surface area contributed by atoms with E-state index in [1.165, 1.54) is 24.3 Å². The van der Waals surface area contributed by atoms with Crippen molar-refractivity contribution in [1.29, 1.82) is 5.26 Å². The van der Waals surface area contributed by atoms with Gasteiger partial charge in [0.05, 0.1) is 10.5 Å². The molecule has 1 aromatic heterocycles. The largest absolute Gasteiger partial charge is 0.361 e. The van der Waals surface area contributed by atoms with Gasteiger partial charge in [0.15, 0.2) is 0 Å². The van der Waals surface area contributed by atoms with Crippen molar-refractivity contribution in [2.75, 3.05) is 6.54 Å². The number of nitro benzene ring substituents is 1. The van der Waals surface area contributed by atoms with Crippen LogP contribution in [0.2, 0.25) is 0 Å². The van der Waals surface area contributed by atoms with E-state index in [-0.39, 0.29) is 16.8 Å². The van der Waals surface area contributed by atoms with E-state index < -0.39 is 10.8 Å². The molecule has 0 radical (unpaired) electrons. The average Bonchev–Trinajstić information content (AvgIpc) is 3.09. The first kappa shape index (κ1) is 17.9. The first-order valence-electron chi connectivity index (χ1n) is 8.28. The summed E-state index contributed by atoms with van der Waals surface area (Å²) < 4.78 is 0. The van der Waals surface area contributed by atoms with Gasteiger partial charge in [0, 0.05) is 29.7 Å². The summed E-state index contributed by atoms with van der Waals surface area (Å²) in [7, 11) is 0. The van der Waals surface area contributed by atoms with Crippen LogP contribution in [0.1, 0.15) is 11.1 Å². The highest BCUT2D eigenvalue weighted by Crippen LogP contribution is 2.21. The summed E-state index contributed by atoms with van der Waals surface area (Å²) in [6.45, 7) is 0.344. The van der Waals surface area contributed by atoms with Crippen LogP contribution in [0.25, 0.3) is 17.0 Å². The molecule has 1 heterocycles. The molecular formula is C20H16N4O3. The predicted octanol–water partition coefficient (Wildman–Crippen LogP) is 3.34. The van der Waals surface area contributed by atoms with Crippen LogP contribution in [-0.4, -0.2) is 22.4 Å². The normalized spacial score (nSPS) is 11.1. The highest BCUT2D eigenvalue weighted by molar-refractivity contribution is 6.02. The van der Waals surface area contributed by atoms with Crippen LogP contribution in [0.3, 0.4) is 0 Å². The standard InChI is InChI=1S/C20H16N4O3/c21-12-16(11-14-5-1-4-8-19(14)24(26)27)20(25)22-10-9-15-13-23-18-7-3-2-6-17(15)18/h1-8,11,13,23H,9-10H2,(H,22,25). The number of carbonyl (C=O) groups is 1. The lowest BCUT2D eigenvalue weighted by Crippen LogP contribution is -2.26. The lowest BCUT2D eigenvalue weighted by molar-refractivity contribution is -0.385. The molecule has 0 aliphatic heterocycles. The average molecular weight is 360 g/mol. The van der Waals surface area contributed by atoms with E-state index >= 15 is 0 Å². The molecule has 1 amide bonds. The number of nitrogens with one attached hydrogen (secondary N) is 2. The Hall–Kier alpha value is -3.92. The third-order valence-electron chi connectivity index (χ3n) is 4.15. The number of aromatic amines is 1. The molecule has 0 fully saturated rings. The summed E-state index contributed by atoms with van der Waals surface area (Å²) in [6.07, 6.45) is 3.73. The van der Waals surface area contributed by atoms with E-state index in [1.807, 2.05) is 36.5 Å². The molecule has 0 atom stereocenters. The maximum Gasteiger partial charge on any atom is 0.276 e. The molecule has 27 heavy (non-hydrogen) atoms. The Morgan fingerprint density at radius 3 is 2.74 bits per heavy atom.